The summed E-state index contributed by atoms with van der Waals surface area (Å²) in [6, 6.07) is 16.5. The molecule has 1 fully saturated rings. The second kappa shape index (κ2) is 7.32. The van der Waals surface area contributed by atoms with E-state index in [4.69, 9.17) is 0 Å². The van der Waals surface area contributed by atoms with Crippen molar-refractivity contribution >= 4 is 16.9 Å². The summed E-state index contributed by atoms with van der Waals surface area (Å²) in [4.78, 5) is 19.3. The van der Waals surface area contributed by atoms with Gasteiger partial charge in [-0.05, 0) is 42.7 Å². The van der Waals surface area contributed by atoms with Crippen molar-refractivity contribution in [3.05, 3.63) is 66.0 Å². The molecular formula is C22H25N3O. The highest BCUT2D eigenvalue weighted by Crippen LogP contribution is 2.23. The molecule has 4 nitrogen and oxygen atoms in total. The van der Waals surface area contributed by atoms with Crippen LogP contribution in [0.4, 0.5) is 0 Å². The number of amides is 1. The molecular weight excluding hydrogens is 322 g/mol. The minimum atomic E-state index is 0.134. The van der Waals surface area contributed by atoms with Crippen LogP contribution in [0.25, 0.3) is 11.0 Å². The monoisotopic (exact) mass is 347 g/mol. The Bertz CT molecular complexity index is 908. The SMILES string of the molecule is CN(C(=O)c1cccc(Cn2cnc3ccccc32)c1)C1CCCCC1. The molecule has 1 amide bonds. The van der Waals surface area contributed by atoms with Gasteiger partial charge in [0.05, 0.1) is 17.4 Å². The van der Waals surface area contributed by atoms with E-state index in [0.717, 1.165) is 41.5 Å². The van der Waals surface area contributed by atoms with Crippen molar-refractivity contribution in [1.82, 2.24) is 14.5 Å². The van der Waals surface area contributed by atoms with Crippen molar-refractivity contribution in [3.63, 3.8) is 0 Å². The Morgan fingerprint density at radius 3 is 2.77 bits per heavy atom. The summed E-state index contributed by atoms with van der Waals surface area (Å²) in [5.41, 5.74) is 4.01. The fourth-order valence-corrected chi connectivity index (χ4v) is 3.97. The fraction of sp³-hybridized carbons (Fsp3) is 0.364. The fourth-order valence-electron chi connectivity index (χ4n) is 3.97. The van der Waals surface area contributed by atoms with Crippen LogP contribution in [0, 0.1) is 0 Å². The second-order valence-electron chi connectivity index (χ2n) is 7.27. The second-order valence-corrected chi connectivity index (χ2v) is 7.27. The molecule has 0 radical (unpaired) electrons. The zero-order chi connectivity index (χ0) is 17.9. The highest BCUT2D eigenvalue weighted by atomic mass is 16.2. The van der Waals surface area contributed by atoms with Crippen LogP contribution >= 0.6 is 0 Å². The van der Waals surface area contributed by atoms with Crippen LogP contribution in [0.3, 0.4) is 0 Å². The van der Waals surface area contributed by atoms with Crippen molar-refractivity contribution in [3.8, 4) is 0 Å². The number of para-hydroxylation sites is 2. The molecule has 1 heterocycles. The summed E-state index contributed by atoms with van der Waals surface area (Å²) >= 11 is 0. The summed E-state index contributed by atoms with van der Waals surface area (Å²) in [5, 5.41) is 0. The summed E-state index contributed by atoms with van der Waals surface area (Å²) in [7, 11) is 1.95. The van der Waals surface area contributed by atoms with Gasteiger partial charge in [0.25, 0.3) is 5.91 Å². The maximum Gasteiger partial charge on any atom is 0.253 e. The van der Waals surface area contributed by atoms with Crippen molar-refractivity contribution in [2.75, 3.05) is 7.05 Å². The van der Waals surface area contributed by atoms with Crippen molar-refractivity contribution in [1.29, 1.82) is 0 Å². The predicted molar refractivity (Wildman–Crippen MR) is 104 cm³/mol. The number of aromatic nitrogens is 2. The van der Waals surface area contributed by atoms with Gasteiger partial charge in [-0.15, -0.1) is 0 Å². The summed E-state index contributed by atoms with van der Waals surface area (Å²) in [5.74, 6) is 0.134. The molecule has 1 aliphatic rings. The van der Waals surface area contributed by atoms with Gasteiger partial charge in [0.1, 0.15) is 0 Å². The number of carbonyl (C=O) groups excluding carboxylic acids is 1. The largest absolute Gasteiger partial charge is 0.339 e. The lowest BCUT2D eigenvalue weighted by Gasteiger charge is -2.31. The van der Waals surface area contributed by atoms with Gasteiger partial charge in [0.2, 0.25) is 0 Å². The zero-order valence-electron chi connectivity index (χ0n) is 15.3. The number of imidazole rings is 1. The van der Waals surface area contributed by atoms with Crippen molar-refractivity contribution < 1.29 is 4.79 Å². The average molecular weight is 347 g/mol. The Labute approximate surface area is 154 Å². The smallest absolute Gasteiger partial charge is 0.253 e. The Morgan fingerprint density at radius 1 is 1.12 bits per heavy atom. The van der Waals surface area contributed by atoms with Gasteiger partial charge in [0.15, 0.2) is 0 Å². The summed E-state index contributed by atoms with van der Waals surface area (Å²) in [6.07, 6.45) is 7.89. The van der Waals surface area contributed by atoms with E-state index in [2.05, 4.69) is 21.7 Å². The van der Waals surface area contributed by atoms with Gasteiger partial charge >= 0.3 is 0 Å². The topological polar surface area (TPSA) is 38.1 Å². The Balaban J connectivity index is 1.53. The molecule has 2 aromatic carbocycles. The molecule has 1 saturated carbocycles. The lowest BCUT2D eigenvalue weighted by molar-refractivity contribution is 0.0696. The molecule has 4 rings (SSSR count). The van der Waals surface area contributed by atoms with E-state index in [9.17, 15) is 4.79 Å². The molecule has 26 heavy (non-hydrogen) atoms. The lowest BCUT2D eigenvalue weighted by atomic mass is 9.94. The molecule has 0 bridgehead atoms. The first-order chi connectivity index (χ1) is 12.7. The molecule has 0 atom stereocenters. The van der Waals surface area contributed by atoms with Gasteiger partial charge in [0, 0.05) is 25.2 Å². The predicted octanol–water partition coefficient (Wildman–Crippen LogP) is 4.49. The first-order valence-electron chi connectivity index (χ1n) is 9.48. The quantitative estimate of drug-likeness (QED) is 0.697. The van der Waals surface area contributed by atoms with Crippen LogP contribution in [0.1, 0.15) is 48.0 Å². The normalized spacial score (nSPS) is 15.3. The van der Waals surface area contributed by atoms with Gasteiger partial charge in [-0.1, -0.05) is 43.5 Å². The minimum Gasteiger partial charge on any atom is -0.339 e. The molecule has 1 aromatic heterocycles. The van der Waals surface area contributed by atoms with E-state index in [-0.39, 0.29) is 5.91 Å². The van der Waals surface area contributed by atoms with Gasteiger partial charge in [-0.25, -0.2) is 4.98 Å². The Hall–Kier alpha value is -2.62. The number of benzene rings is 2. The van der Waals surface area contributed by atoms with E-state index < -0.39 is 0 Å². The molecule has 0 saturated heterocycles. The number of nitrogens with zero attached hydrogens (tertiary/aromatic N) is 3. The number of rotatable bonds is 4. The number of hydrogen-bond donors (Lipinski definition) is 0. The Kier molecular flexibility index (Phi) is 4.74. The van der Waals surface area contributed by atoms with E-state index in [0.29, 0.717) is 6.04 Å². The zero-order valence-corrected chi connectivity index (χ0v) is 15.3. The third-order valence-corrected chi connectivity index (χ3v) is 5.50. The molecule has 134 valence electrons. The van der Waals surface area contributed by atoms with Crippen LogP contribution in [0.5, 0.6) is 0 Å². The number of carbonyl (C=O) groups is 1. The Morgan fingerprint density at radius 2 is 1.92 bits per heavy atom. The summed E-state index contributed by atoms with van der Waals surface area (Å²) < 4.78 is 2.13. The van der Waals surface area contributed by atoms with E-state index in [1.165, 1.54) is 19.3 Å². The molecule has 0 N–H and O–H groups in total. The molecule has 4 heteroatoms. The third kappa shape index (κ3) is 3.36. The number of fused-ring (bicyclic) bond motifs is 1. The minimum absolute atomic E-state index is 0.134. The maximum atomic E-state index is 12.9. The van der Waals surface area contributed by atoms with Crippen LogP contribution in [0.15, 0.2) is 54.9 Å². The van der Waals surface area contributed by atoms with E-state index >= 15 is 0 Å². The first kappa shape index (κ1) is 16.8. The van der Waals surface area contributed by atoms with Crippen molar-refractivity contribution in [2.24, 2.45) is 0 Å². The number of hydrogen-bond acceptors (Lipinski definition) is 2. The van der Waals surface area contributed by atoms with Crippen LogP contribution in [-0.4, -0.2) is 33.4 Å². The van der Waals surface area contributed by atoms with Gasteiger partial charge in [-0.2, -0.15) is 0 Å². The lowest BCUT2D eigenvalue weighted by Crippen LogP contribution is -2.38. The third-order valence-electron chi connectivity index (χ3n) is 5.50. The van der Waals surface area contributed by atoms with E-state index in [1.807, 2.05) is 54.7 Å². The van der Waals surface area contributed by atoms with Gasteiger partial charge in [-0.3, -0.25) is 4.79 Å². The highest BCUT2D eigenvalue weighted by molar-refractivity contribution is 5.94. The van der Waals surface area contributed by atoms with E-state index in [1.54, 1.807) is 0 Å². The summed E-state index contributed by atoms with van der Waals surface area (Å²) in [6.45, 7) is 0.717. The molecule has 0 unspecified atom stereocenters. The first-order valence-corrected chi connectivity index (χ1v) is 9.48. The molecule has 0 spiro atoms. The van der Waals surface area contributed by atoms with Crippen LogP contribution < -0.4 is 0 Å². The molecule has 3 aromatic rings. The molecule has 0 aliphatic heterocycles. The standard InChI is InChI=1S/C22H25N3O/c1-24(19-10-3-2-4-11-19)22(26)18-9-7-8-17(14-18)15-25-16-23-20-12-5-6-13-21(20)25/h5-9,12-14,16,19H,2-4,10-11,15H2,1H3. The maximum absolute atomic E-state index is 12.9. The molecule has 1 aliphatic carbocycles. The highest BCUT2D eigenvalue weighted by Gasteiger charge is 2.23. The van der Waals surface area contributed by atoms with Crippen LogP contribution in [0.2, 0.25) is 0 Å². The van der Waals surface area contributed by atoms with Gasteiger partial charge < -0.3 is 9.47 Å². The van der Waals surface area contributed by atoms with Crippen molar-refractivity contribution in [2.45, 2.75) is 44.7 Å². The average Bonchev–Trinajstić information content (AvgIpc) is 3.11. The van der Waals surface area contributed by atoms with Crippen LogP contribution in [-0.2, 0) is 6.54 Å².